The van der Waals surface area contributed by atoms with Gasteiger partial charge in [-0.2, -0.15) is 4.79 Å². The van der Waals surface area contributed by atoms with Gasteiger partial charge in [0.1, 0.15) is 11.4 Å². The third-order valence-electron chi connectivity index (χ3n) is 5.80. The molecular weight excluding hydrogens is 422 g/mol. The van der Waals surface area contributed by atoms with Crippen LogP contribution in [0.1, 0.15) is 39.2 Å². The monoisotopic (exact) mass is 447 g/mol. The Labute approximate surface area is 156 Å². The van der Waals surface area contributed by atoms with E-state index in [0.717, 1.165) is 40.6 Å². The Morgan fingerprint density at radius 3 is 2.50 bits per heavy atom. The number of hydrogen-bond acceptors (Lipinski definition) is 2. The summed E-state index contributed by atoms with van der Waals surface area (Å²) in [6.45, 7) is 8.01. The van der Waals surface area contributed by atoms with Crippen LogP contribution in [0.25, 0.3) is 0 Å². The van der Waals surface area contributed by atoms with Crippen LogP contribution in [0.4, 0.5) is 14.9 Å². The van der Waals surface area contributed by atoms with Crippen molar-refractivity contribution in [3.63, 3.8) is 0 Å². The van der Waals surface area contributed by atoms with Gasteiger partial charge in [-0.05, 0) is 67.5 Å². The zero-order valence-electron chi connectivity index (χ0n) is 14.5. The van der Waals surface area contributed by atoms with Crippen molar-refractivity contribution >= 4 is 34.4 Å². The number of carboxylic acid groups (broad SMARTS) is 1. The standard InChI is InChI=1S/C18H24FIN2O2/c1-18(2,3)22(17(23)24)8-5-14(6-9-22)21-7-4-12-10-13(20)11-15(19)16(12)21/h10-11,14H,4-9H2,1-3H3/p+1. The highest BCUT2D eigenvalue weighted by Crippen LogP contribution is 2.38. The summed E-state index contributed by atoms with van der Waals surface area (Å²) < 4.78 is 15.5. The molecule has 4 nitrogen and oxygen atoms in total. The van der Waals surface area contributed by atoms with Crippen molar-refractivity contribution in [1.29, 1.82) is 0 Å². The van der Waals surface area contributed by atoms with Crippen molar-refractivity contribution in [2.45, 2.75) is 51.6 Å². The maximum atomic E-state index is 14.5. The van der Waals surface area contributed by atoms with Gasteiger partial charge in [0.25, 0.3) is 0 Å². The van der Waals surface area contributed by atoms with Gasteiger partial charge in [0.2, 0.25) is 0 Å². The van der Waals surface area contributed by atoms with Gasteiger partial charge >= 0.3 is 6.09 Å². The number of fused-ring (bicyclic) bond motifs is 1. The number of carbonyl (C=O) groups is 1. The van der Waals surface area contributed by atoms with E-state index in [-0.39, 0.29) is 21.9 Å². The molecule has 0 radical (unpaired) electrons. The number of quaternary nitrogens is 1. The minimum absolute atomic E-state index is 0.0966. The summed E-state index contributed by atoms with van der Waals surface area (Å²) in [5, 5.41) is 9.81. The Balaban J connectivity index is 1.81. The lowest BCUT2D eigenvalue weighted by Gasteiger charge is -2.48. The van der Waals surface area contributed by atoms with Crippen LogP contribution in [-0.2, 0) is 6.42 Å². The van der Waals surface area contributed by atoms with E-state index in [1.54, 1.807) is 6.07 Å². The number of benzene rings is 1. The van der Waals surface area contributed by atoms with Crippen LogP contribution in [0.5, 0.6) is 0 Å². The molecule has 0 saturated carbocycles. The molecule has 0 atom stereocenters. The number of amides is 1. The Bertz CT molecular complexity index is 664. The first-order chi connectivity index (χ1) is 11.2. The number of anilines is 1. The van der Waals surface area contributed by atoms with E-state index in [9.17, 15) is 14.3 Å². The molecule has 6 heteroatoms. The molecule has 2 aliphatic heterocycles. The van der Waals surface area contributed by atoms with E-state index < -0.39 is 6.09 Å². The van der Waals surface area contributed by atoms with Crippen LogP contribution in [0, 0.1) is 9.39 Å². The lowest BCUT2D eigenvalue weighted by atomic mass is 9.93. The minimum atomic E-state index is -0.747. The predicted molar refractivity (Wildman–Crippen MR) is 101 cm³/mol. The van der Waals surface area contributed by atoms with Gasteiger partial charge in [0.15, 0.2) is 0 Å². The molecule has 3 rings (SSSR count). The topological polar surface area (TPSA) is 40.5 Å². The molecule has 1 amide bonds. The average molecular weight is 447 g/mol. The molecular formula is C18H25FIN2O2+. The lowest BCUT2D eigenvalue weighted by molar-refractivity contribution is -0.908. The Hall–Kier alpha value is -0.890. The van der Waals surface area contributed by atoms with Crippen molar-refractivity contribution in [2.24, 2.45) is 0 Å². The molecule has 132 valence electrons. The van der Waals surface area contributed by atoms with Gasteiger partial charge in [0.05, 0.1) is 18.8 Å². The Morgan fingerprint density at radius 1 is 1.33 bits per heavy atom. The summed E-state index contributed by atoms with van der Waals surface area (Å²) in [4.78, 5) is 14.1. The summed E-state index contributed by atoms with van der Waals surface area (Å²) in [6, 6.07) is 3.88. The highest BCUT2D eigenvalue weighted by atomic mass is 127. The number of halogens is 2. The largest absolute Gasteiger partial charge is 0.513 e. The van der Waals surface area contributed by atoms with Crippen LogP contribution in [0.2, 0.25) is 0 Å². The van der Waals surface area contributed by atoms with Gasteiger partial charge < -0.3 is 10.0 Å². The van der Waals surface area contributed by atoms with Crippen LogP contribution in [-0.4, -0.2) is 46.9 Å². The zero-order chi connectivity index (χ0) is 17.7. The molecule has 1 saturated heterocycles. The summed E-state index contributed by atoms with van der Waals surface area (Å²) in [5.41, 5.74) is 1.49. The molecule has 24 heavy (non-hydrogen) atoms. The average Bonchev–Trinajstić information content (AvgIpc) is 2.89. The first-order valence-electron chi connectivity index (χ1n) is 8.51. The van der Waals surface area contributed by atoms with E-state index in [2.05, 4.69) is 33.6 Å². The van der Waals surface area contributed by atoms with E-state index in [1.807, 2.05) is 20.8 Å². The third-order valence-corrected chi connectivity index (χ3v) is 6.42. The van der Waals surface area contributed by atoms with Gasteiger partial charge in [0, 0.05) is 29.0 Å². The number of nitrogens with zero attached hydrogens (tertiary/aromatic N) is 2. The SMILES string of the molecule is CC(C)(C)[N+]1(C(=O)O)CCC(N2CCc3cc(I)cc(F)c32)CC1. The molecule has 2 aliphatic rings. The molecule has 0 spiro atoms. The van der Waals surface area contributed by atoms with E-state index in [0.29, 0.717) is 13.1 Å². The highest BCUT2D eigenvalue weighted by molar-refractivity contribution is 14.1. The fraction of sp³-hybridized carbons (Fsp3) is 0.611. The van der Waals surface area contributed by atoms with Crippen LogP contribution < -0.4 is 4.90 Å². The maximum Gasteiger partial charge on any atom is 0.513 e. The normalized spacial score (nSPS) is 27.2. The molecule has 1 N–H and O–H groups in total. The van der Waals surface area contributed by atoms with Gasteiger partial charge in [-0.1, -0.05) is 0 Å². The van der Waals surface area contributed by atoms with E-state index in [1.165, 1.54) is 0 Å². The molecule has 1 aromatic rings. The van der Waals surface area contributed by atoms with Crippen molar-refractivity contribution in [3.8, 4) is 0 Å². The molecule has 2 heterocycles. The number of rotatable bonds is 1. The molecule has 0 bridgehead atoms. The summed E-state index contributed by atoms with van der Waals surface area (Å²) in [7, 11) is 0. The fourth-order valence-electron chi connectivity index (χ4n) is 4.31. The molecule has 0 aliphatic carbocycles. The van der Waals surface area contributed by atoms with Crippen molar-refractivity contribution < 1.29 is 18.8 Å². The van der Waals surface area contributed by atoms with Crippen LogP contribution in [0.3, 0.4) is 0 Å². The summed E-state index contributed by atoms with van der Waals surface area (Å²) >= 11 is 2.15. The van der Waals surface area contributed by atoms with Crippen LogP contribution >= 0.6 is 22.6 Å². The second kappa shape index (κ2) is 6.12. The quantitative estimate of drug-likeness (QED) is 0.517. The molecule has 0 unspecified atom stereocenters. The Morgan fingerprint density at radius 2 is 1.96 bits per heavy atom. The van der Waals surface area contributed by atoms with Crippen molar-refractivity contribution in [2.75, 3.05) is 24.5 Å². The van der Waals surface area contributed by atoms with Crippen molar-refractivity contribution in [1.82, 2.24) is 0 Å². The Kier molecular flexibility index (Phi) is 4.57. The zero-order valence-corrected chi connectivity index (χ0v) is 16.6. The number of hydrogen-bond donors (Lipinski definition) is 1. The molecule has 1 aromatic carbocycles. The van der Waals surface area contributed by atoms with Gasteiger partial charge in [-0.15, -0.1) is 0 Å². The molecule has 0 aromatic heterocycles. The van der Waals surface area contributed by atoms with Crippen molar-refractivity contribution in [3.05, 3.63) is 27.1 Å². The first-order valence-corrected chi connectivity index (χ1v) is 9.59. The van der Waals surface area contributed by atoms with Gasteiger partial charge in [-0.25, -0.2) is 8.87 Å². The summed E-state index contributed by atoms with van der Waals surface area (Å²) in [6.07, 6.45) is 1.70. The summed E-state index contributed by atoms with van der Waals surface area (Å²) in [5.74, 6) is -0.144. The number of likely N-dealkylation sites (tertiary alicyclic amines) is 1. The van der Waals surface area contributed by atoms with Gasteiger partial charge in [-0.3, -0.25) is 0 Å². The van der Waals surface area contributed by atoms with E-state index >= 15 is 0 Å². The first kappa shape index (κ1) is 17.9. The fourth-order valence-corrected chi connectivity index (χ4v) is 4.95. The maximum absolute atomic E-state index is 14.5. The lowest BCUT2D eigenvalue weighted by Crippen LogP contribution is -2.67. The number of piperidine rings is 1. The predicted octanol–water partition coefficient (Wildman–Crippen LogP) is 4.25. The minimum Gasteiger partial charge on any atom is -0.435 e. The smallest absolute Gasteiger partial charge is 0.435 e. The highest BCUT2D eigenvalue weighted by Gasteiger charge is 2.51. The van der Waals surface area contributed by atoms with E-state index in [4.69, 9.17) is 0 Å². The third kappa shape index (κ3) is 2.81. The second-order valence-electron chi connectivity index (χ2n) is 7.94. The second-order valence-corrected chi connectivity index (χ2v) is 9.18. The van der Waals surface area contributed by atoms with Crippen LogP contribution in [0.15, 0.2) is 12.1 Å². The molecule has 1 fully saturated rings.